The van der Waals surface area contributed by atoms with Gasteiger partial charge in [-0.25, -0.2) is 9.67 Å². The molecule has 2 aromatic carbocycles. The highest BCUT2D eigenvalue weighted by Crippen LogP contribution is 2.18. The van der Waals surface area contributed by atoms with Crippen LogP contribution in [0.5, 0.6) is 0 Å². The molecule has 0 radical (unpaired) electrons. The van der Waals surface area contributed by atoms with Crippen molar-refractivity contribution in [3.05, 3.63) is 70.5 Å². The summed E-state index contributed by atoms with van der Waals surface area (Å²) in [5.41, 5.74) is 2.31. The second kappa shape index (κ2) is 8.95. The number of nitrogens with zero attached hydrogens (tertiary/aromatic N) is 5. The highest BCUT2D eigenvalue weighted by molar-refractivity contribution is 5.94. The molecule has 10 nitrogen and oxygen atoms in total. The lowest BCUT2D eigenvalue weighted by atomic mass is 10.2. The zero-order valence-corrected chi connectivity index (χ0v) is 16.5. The fraction of sp³-hybridized carbons (Fsp3) is 0.200. The predicted octanol–water partition coefficient (Wildman–Crippen LogP) is 2.26. The van der Waals surface area contributed by atoms with Gasteiger partial charge in [-0.2, -0.15) is 5.10 Å². The standard InChI is InChI=1S/C20H20N6O4/c1-14-3-7-16(8-4-14)22-18(27)11-24(2)19(28)12-25-13-21-20(23-25)15-5-9-17(10-6-15)26(29)30/h3-10,13H,11-12H2,1-2H3,(H,22,27). The molecular formula is C20H20N6O4. The molecular weight excluding hydrogens is 388 g/mol. The molecule has 1 N–H and O–H groups in total. The van der Waals surface area contributed by atoms with Crippen LogP contribution in [0.2, 0.25) is 0 Å². The number of likely N-dealkylation sites (N-methyl/N-ethyl adjacent to an activating group) is 1. The minimum absolute atomic E-state index is 0.0288. The van der Waals surface area contributed by atoms with Crippen LogP contribution in [-0.4, -0.2) is 50.0 Å². The van der Waals surface area contributed by atoms with Crippen LogP contribution in [-0.2, 0) is 16.1 Å². The average Bonchev–Trinajstić information content (AvgIpc) is 3.18. The second-order valence-electron chi connectivity index (χ2n) is 6.73. The van der Waals surface area contributed by atoms with E-state index in [2.05, 4.69) is 15.4 Å². The van der Waals surface area contributed by atoms with Crippen LogP contribution >= 0.6 is 0 Å². The number of carbonyl (C=O) groups excluding carboxylic acids is 2. The largest absolute Gasteiger partial charge is 0.335 e. The van der Waals surface area contributed by atoms with Crippen molar-refractivity contribution in [2.45, 2.75) is 13.5 Å². The number of nitrogens with one attached hydrogen (secondary N) is 1. The molecule has 1 aromatic heterocycles. The maximum atomic E-state index is 12.4. The first-order chi connectivity index (χ1) is 14.3. The average molecular weight is 408 g/mol. The van der Waals surface area contributed by atoms with Gasteiger partial charge in [0.15, 0.2) is 5.82 Å². The zero-order chi connectivity index (χ0) is 21.7. The van der Waals surface area contributed by atoms with Crippen molar-refractivity contribution in [1.82, 2.24) is 19.7 Å². The van der Waals surface area contributed by atoms with Crippen molar-refractivity contribution >= 4 is 23.2 Å². The Kier molecular flexibility index (Phi) is 6.16. The molecule has 3 rings (SSSR count). The first-order valence-corrected chi connectivity index (χ1v) is 9.06. The SMILES string of the molecule is Cc1ccc(NC(=O)CN(C)C(=O)Cn2cnc(-c3ccc([N+](=O)[O-])cc3)n2)cc1. The number of hydrogen-bond acceptors (Lipinski definition) is 6. The summed E-state index contributed by atoms with van der Waals surface area (Å²) in [5, 5.41) is 17.7. The van der Waals surface area contributed by atoms with Crippen LogP contribution < -0.4 is 5.32 Å². The number of rotatable bonds is 7. The van der Waals surface area contributed by atoms with Gasteiger partial charge in [0, 0.05) is 30.4 Å². The molecule has 3 aromatic rings. The molecule has 2 amide bonds. The number of nitro groups is 1. The summed E-state index contributed by atoms with van der Waals surface area (Å²) in [6, 6.07) is 13.2. The Morgan fingerprint density at radius 1 is 1.13 bits per heavy atom. The van der Waals surface area contributed by atoms with Gasteiger partial charge in [-0.15, -0.1) is 0 Å². The van der Waals surface area contributed by atoms with Crippen LogP contribution in [0.25, 0.3) is 11.4 Å². The first-order valence-electron chi connectivity index (χ1n) is 9.06. The Morgan fingerprint density at radius 2 is 1.80 bits per heavy atom. The summed E-state index contributed by atoms with van der Waals surface area (Å²) in [5.74, 6) is -0.272. The summed E-state index contributed by atoms with van der Waals surface area (Å²) in [7, 11) is 1.53. The Balaban J connectivity index is 1.55. The maximum absolute atomic E-state index is 12.4. The van der Waals surface area contributed by atoms with Crippen LogP contribution in [0.4, 0.5) is 11.4 Å². The van der Waals surface area contributed by atoms with E-state index in [-0.39, 0.29) is 30.6 Å². The molecule has 0 saturated heterocycles. The van der Waals surface area contributed by atoms with Crippen molar-refractivity contribution in [3.63, 3.8) is 0 Å². The molecule has 10 heteroatoms. The Morgan fingerprint density at radius 3 is 2.43 bits per heavy atom. The van der Waals surface area contributed by atoms with Crippen molar-refractivity contribution in [2.75, 3.05) is 18.9 Å². The van der Waals surface area contributed by atoms with Gasteiger partial charge >= 0.3 is 0 Å². The smallest absolute Gasteiger partial charge is 0.269 e. The van der Waals surface area contributed by atoms with Crippen LogP contribution in [0, 0.1) is 17.0 Å². The van der Waals surface area contributed by atoms with Crippen LogP contribution in [0.15, 0.2) is 54.9 Å². The van der Waals surface area contributed by atoms with E-state index >= 15 is 0 Å². The summed E-state index contributed by atoms with van der Waals surface area (Å²) in [4.78, 5) is 40.2. The molecule has 0 aliphatic heterocycles. The number of benzene rings is 2. The van der Waals surface area contributed by atoms with Crippen molar-refractivity contribution < 1.29 is 14.5 Å². The lowest BCUT2D eigenvalue weighted by molar-refractivity contribution is -0.384. The van der Waals surface area contributed by atoms with Gasteiger partial charge in [0.25, 0.3) is 5.69 Å². The molecule has 30 heavy (non-hydrogen) atoms. The molecule has 0 saturated carbocycles. The maximum Gasteiger partial charge on any atom is 0.269 e. The summed E-state index contributed by atoms with van der Waals surface area (Å²) in [6.45, 7) is 1.76. The molecule has 0 fully saturated rings. The van der Waals surface area contributed by atoms with E-state index in [0.717, 1.165) is 5.56 Å². The monoisotopic (exact) mass is 408 g/mol. The fourth-order valence-corrected chi connectivity index (χ4v) is 2.64. The fourth-order valence-electron chi connectivity index (χ4n) is 2.64. The third-order valence-corrected chi connectivity index (χ3v) is 4.31. The van der Waals surface area contributed by atoms with Gasteiger partial charge in [0.2, 0.25) is 11.8 Å². The second-order valence-corrected chi connectivity index (χ2v) is 6.73. The highest BCUT2D eigenvalue weighted by atomic mass is 16.6. The molecule has 0 aliphatic carbocycles. The number of carbonyl (C=O) groups is 2. The third kappa shape index (κ3) is 5.25. The van der Waals surface area contributed by atoms with Gasteiger partial charge in [-0.1, -0.05) is 17.7 Å². The topological polar surface area (TPSA) is 123 Å². The van der Waals surface area contributed by atoms with E-state index < -0.39 is 4.92 Å². The minimum atomic E-state index is -0.487. The van der Waals surface area contributed by atoms with Crippen LogP contribution in [0.1, 0.15) is 5.56 Å². The van der Waals surface area contributed by atoms with E-state index in [1.165, 1.54) is 35.1 Å². The third-order valence-electron chi connectivity index (χ3n) is 4.31. The number of amides is 2. The van der Waals surface area contributed by atoms with Crippen molar-refractivity contribution in [2.24, 2.45) is 0 Å². The normalized spacial score (nSPS) is 10.5. The van der Waals surface area contributed by atoms with Crippen LogP contribution in [0.3, 0.4) is 0 Å². The Labute approximate surface area is 172 Å². The molecule has 0 aliphatic rings. The number of aromatic nitrogens is 3. The van der Waals surface area contributed by atoms with Gasteiger partial charge in [0.1, 0.15) is 12.9 Å². The number of hydrogen-bond donors (Lipinski definition) is 1. The predicted molar refractivity (Wildman–Crippen MR) is 110 cm³/mol. The van der Waals surface area contributed by atoms with E-state index in [1.807, 2.05) is 19.1 Å². The van der Waals surface area contributed by atoms with Gasteiger partial charge in [0.05, 0.1) is 11.5 Å². The number of aryl methyl sites for hydroxylation is 1. The van der Waals surface area contributed by atoms with Crippen molar-refractivity contribution in [3.8, 4) is 11.4 Å². The molecule has 0 bridgehead atoms. The first kappa shape index (κ1) is 20.6. The summed E-state index contributed by atoms with van der Waals surface area (Å²) < 4.78 is 1.35. The lowest BCUT2D eigenvalue weighted by Crippen LogP contribution is -2.37. The van der Waals surface area contributed by atoms with Gasteiger partial charge < -0.3 is 10.2 Å². The minimum Gasteiger partial charge on any atom is -0.335 e. The Hall–Kier alpha value is -4.08. The molecule has 0 unspecified atom stereocenters. The quantitative estimate of drug-likeness (QED) is 0.472. The zero-order valence-electron chi connectivity index (χ0n) is 16.5. The van der Waals surface area contributed by atoms with E-state index in [1.54, 1.807) is 24.3 Å². The molecule has 154 valence electrons. The van der Waals surface area contributed by atoms with Crippen molar-refractivity contribution in [1.29, 1.82) is 0 Å². The molecule has 0 atom stereocenters. The van der Waals surface area contributed by atoms with E-state index in [4.69, 9.17) is 0 Å². The summed E-state index contributed by atoms with van der Waals surface area (Å²) in [6.07, 6.45) is 1.40. The number of anilines is 1. The lowest BCUT2D eigenvalue weighted by Gasteiger charge is -2.16. The summed E-state index contributed by atoms with van der Waals surface area (Å²) >= 11 is 0. The molecule has 1 heterocycles. The molecule has 0 spiro atoms. The Bertz CT molecular complexity index is 1060. The van der Waals surface area contributed by atoms with E-state index in [9.17, 15) is 19.7 Å². The highest BCUT2D eigenvalue weighted by Gasteiger charge is 2.15. The number of non-ortho nitro benzene ring substituents is 1. The van der Waals surface area contributed by atoms with Gasteiger partial charge in [-0.05, 0) is 31.2 Å². The van der Waals surface area contributed by atoms with E-state index in [0.29, 0.717) is 17.1 Å². The number of nitro benzene ring substituents is 1. The van der Waals surface area contributed by atoms with Gasteiger partial charge in [-0.3, -0.25) is 19.7 Å².